The summed E-state index contributed by atoms with van der Waals surface area (Å²) in [6, 6.07) is 8.73. The molecule has 2 aliphatic heterocycles. The molecular weight excluding hydrogens is 427 g/mol. The summed E-state index contributed by atoms with van der Waals surface area (Å²) < 4.78 is 5.57. The van der Waals surface area contributed by atoms with Crippen LogP contribution in [0.2, 0.25) is 0 Å². The van der Waals surface area contributed by atoms with Crippen LogP contribution in [0.3, 0.4) is 0 Å². The highest BCUT2D eigenvalue weighted by atomic mass is 127. The van der Waals surface area contributed by atoms with E-state index in [9.17, 15) is 0 Å². The van der Waals surface area contributed by atoms with Crippen LogP contribution < -0.4 is 5.32 Å². The Kier molecular flexibility index (Phi) is 7.51. The van der Waals surface area contributed by atoms with E-state index in [0.29, 0.717) is 0 Å². The average Bonchev–Trinajstić information content (AvgIpc) is 2.63. The van der Waals surface area contributed by atoms with Crippen molar-refractivity contribution in [2.45, 2.75) is 31.3 Å². The summed E-state index contributed by atoms with van der Waals surface area (Å²) >= 11 is 0. The molecule has 6 heteroatoms. The topological polar surface area (TPSA) is 40.1 Å². The number of fused-ring (bicyclic) bond motifs is 1. The van der Waals surface area contributed by atoms with Crippen molar-refractivity contribution in [1.29, 1.82) is 0 Å². The smallest absolute Gasteiger partial charge is 0.194 e. The quantitative estimate of drug-likeness (QED) is 0.429. The molecule has 25 heavy (non-hydrogen) atoms. The van der Waals surface area contributed by atoms with Gasteiger partial charge in [0.25, 0.3) is 0 Å². The Bertz CT molecular complexity index is 585. The highest BCUT2D eigenvalue weighted by molar-refractivity contribution is 14.0. The summed E-state index contributed by atoms with van der Waals surface area (Å²) in [4.78, 5) is 9.26. The average molecular weight is 458 g/mol. The molecule has 0 atom stereocenters. The molecule has 0 amide bonds. The zero-order valence-electron chi connectivity index (χ0n) is 15.6. The van der Waals surface area contributed by atoms with Crippen molar-refractivity contribution in [3.63, 3.8) is 0 Å². The summed E-state index contributed by atoms with van der Waals surface area (Å²) in [6.45, 7) is 4.56. The number of halogens is 1. The van der Waals surface area contributed by atoms with Gasteiger partial charge in [0, 0.05) is 45.4 Å². The molecule has 0 aliphatic carbocycles. The minimum atomic E-state index is 0. The van der Waals surface area contributed by atoms with Gasteiger partial charge in [-0.2, -0.15) is 0 Å². The fourth-order valence-electron chi connectivity index (χ4n) is 3.79. The van der Waals surface area contributed by atoms with Gasteiger partial charge in [-0.3, -0.25) is 4.99 Å². The summed E-state index contributed by atoms with van der Waals surface area (Å²) in [5.41, 5.74) is 3.04. The van der Waals surface area contributed by atoms with Gasteiger partial charge in [-0.1, -0.05) is 24.3 Å². The lowest BCUT2D eigenvalue weighted by molar-refractivity contribution is -0.00528. The van der Waals surface area contributed by atoms with E-state index in [1.807, 2.05) is 7.05 Å². The molecule has 0 unspecified atom stereocenters. The van der Waals surface area contributed by atoms with Gasteiger partial charge in [-0.15, -0.1) is 24.0 Å². The molecule has 2 aliphatic rings. The van der Waals surface area contributed by atoms with E-state index < -0.39 is 0 Å². The Hall–Kier alpha value is -0.860. The van der Waals surface area contributed by atoms with Crippen LogP contribution in [0, 0.1) is 0 Å². The molecule has 0 bridgehead atoms. The van der Waals surface area contributed by atoms with E-state index in [4.69, 9.17) is 4.74 Å². The molecule has 0 aromatic heterocycles. The molecule has 5 nitrogen and oxygen atoms in total. The van der Waals surface area contributed by atoms with Gasteiger partial charge in [0.2, 0.25) is 0 Å². The highest BCUT2D eigenvalue weighted by Crippen LogP contribution is 2.25. The molecule has 0 radical (unpaired) electrons. The third kappa shape index (κ3) is 4.65. The van der Waals surface area contributed by atoms with Crippen molar-refractivity contribution in [3.05, 3.63) is 35.4 Å². The molecule has 0 saturated carbocycles. The summed E-state index contributed by atoms with van der Waals surface area (Å²) in [5.74, 6) is 1.01. The van der Waals surface area contributed by atoms with Crippen molar-refractivity contribution in [2.75, 3.05) is 47.4 Å². The molecule has 0 spiro atoms. The number of nitrogens with zero attached hydrogens (tertiary/aromatic N) is 3. The van der Waals surface area contributed by atoms with Crippen LogP contribution in [0.4, 0.5) is 0 Å². The molecule has 1 aromatic rings. The van der Waals surface area contributed by atoms with Crippen molar-refractivity contribution in [1.82, 2.24) is 15.1 Å². The van der Waals surface area contributed by atoms with Gasteiger partial charge in [-0.05, 0) is 44.5 Å². The highest BCUT2D eigenvalue weighted by Gasteiger charge is 2.35. The van der Waals surface area contributed by atoms with Gasteiger partial charge in [0.05, 0.1) is 0 Å². The first-order valence-electron chi connectivity index (χ1n) is 8.92. The molecule has 1 fully saturated rings. The lowest BCUT2D eigenvalue weighted by atomic mass is 9.88. The fourth-order valence-corrected chi connectivity index (χ4v) is 3.79. The van der Waals surface area contributed by atoms with Gasteiger partial charge in [0.1, 0.15) is 0 Å². The molecule has 1 aromatic carbocycles. The number of hydrogen-bond acceptors (Lipinski definition) is 3. The first kappa shape index (κ1) is 20.5. The van der Waals surface area contributed by atoms with Gasteiger partial charge in [-0.25, -0.2) is 0 Å². The Balaban J connectivity index is 0.00000225. The van der Waals surface area contributed by atoms with Crippen LogP contribution in [-0.4, -0.2) is 68.7 Å². The second-order valence-electron chi connectivity index (χ2n) is 7.07. The maximum Gasteiger partial charge on any atom is 0.194 e. The minimum absolute atomic E-state index is 0. The Morgan fingerprint density at radius 3 is 2.56 bits per heavy atom. The minimum Gasteiger partial charge on any atom is -0.381 e. The van der Waals surface area contributed by atoms with Crippen LogP contribution in [0.1, 0.15) is 24.0 Å². The lowest BCUT2D eigenvalue weighted by Gasteiger charge is -2.44. The molecule has 3 rings (SSSR count). The first-order valence-corrected chi connectivity index (χ1v) is 8.92. The van der Waals surface area contributed by atoms with Crippen molar-refractivity contribution in [3.8, 4) is 0 Å². The van der Waals surface area contributed by atoms with Crippen molar-refractivity contribution < 1.29 is 4.74 Å². The maximum absolute atomic E-state index is 5.57. The van der Waals surface area contributed by atoms with Crippen molar-refractivity contribution in [2.24, 2.45) is 4.99 Å². The van der Waals surface area contributed by atoms with E-state index in [2.05, 4.69) is 58.5 Å². The second kappa shape index (κ2) is 9.19. The fraction of sp³-hybridized carbons (Fsp3) is 0.632. The summed E-state index contributed by atoms with van der Waals surface area (Å²) in [6.07, 6.45) is 3.21. The molecule has 1 N–H and O–H groups in total. The van der Waals surface area contributed by atoms with E-state index >= 15 is 0 Å². The van der Waals surface area contributed by atoms with Crippen LogP contribution >= 0.6 is 24.0 Å². The predicted molar refractivity (Wildman–Crippen MR) is 114 cm³/mol. The number of hydrogen-bond donors (Lipinski definition) is 1. The molecule has 1 saturated heterocycles. The molecular formula is C19H31IN4O. The van der Waals surface area contributed by atoms with Gasteiger partial charge in [0.15, 0.2) is 5.96 Å². The Morgan fingerprint density at radius 1 is 1.24 bits per heavy atom. The zero-order valence-corrected chi connectivity index (χ0v) is 18.0. The first-order chi connectivity index (χ1) is 11.6. The number of likely N-dealkylation sites (N-methyl/N-ethyl adjacent to an activating group) is 1. The van der Waals surface area contributed by atoms with E-state index in [1.54, 1.807) is 0 Å². The normalized spacial score (nSPS) is 20.0. The van der Waals surface area contributed by atoms with Crippen LogP contribution in [0.15, 0.2) is 29.3 Å². The van der Waals surface area contributed by atoms with E-state index in [1.165, 1.54) is 11.1 Å². The standard InChI is InChI=1S/C19H30N4O.HI/c1-20-18(21-15-19(22(2)3)9-12-24-13-10-19)23-11-8-16-6-4-5-7-17(16)14-23;/h4-7H,8-15H2,1-3H3,(H,20,21);1H. The number of ether oxygens (including phenoxy) is 1. The summed E-state index contributed by atoms with van der Waals surface area (Å²) in [5, 5.41) is 3.64. The number of nitrogens with one attached hydrogen (secondary N) is 1. The molecule has 140 valence electrons. The van der Waals surface area contributed by atoms with Crippen molar-refractivity contribution >= 4 is 29.9 Å². The Morgan fingerprint density at radius 2 is 1.92 bits per heavy atom. The van der Waals surface area contributed by atoms with Crippen LogP contribution in [0.5, 0.6) is 0 Å². The Labute approximate surface area is 168 Å². The third-order valence-electron chi connectivity index (χ3n) is 5.59. The second-order valence-corrected chi connectivity index (χ2v) is 7.07. The van der Waals surface area contributed by atoms with Crippen LogP contribution in [0.25, 0.3) is 0 Å². The monoisotopic (exact) mass is 458 g/mol. The maximum atomic E-state index is 5.57. The van der Waals surface area contributed by atoms with Gasteiger partial charge >= 0.3 is 0 Å². The lowest BCUT2D eigenvalue weighted by Crippen LogP contribution is -2.57. The predicted octanol–water partition coefficient (Wildman–Crippen LogP) is 2.35. The van der Waals surface area contributed by atoms with E-state index in [-0.39, 0.29) is 29.5 Å². The SMILES string of the molecule is CN=C(NCC1(N(C)C)CCOCC1)N1CCc2ccccc2C1.I. The van der Waals surface area contributed by atoms with Crippen LogP contribution in [-0.2, 0) is 17.7 Å². The van der Waals surface area contributed by atoms with Gasteiger partial charge < -0.3 is 19.9 Å². The molecule has 2 heterocycles. The largest absolute Gasteiger partial charge is 0.381 e. The number of benzene rings is 1. The number of aliphatic imine (C=N–C) groups is 1. The number of rotatable bonds is 3. The third-order valence-corrected chi connectivity index (χ3v) is 5.59. The number of guanidine groups is 1. The van der Waals surface area contributed by atoms with E-state index in [0.717, 1.165) is 58.1 Å². The summed E-state index contributed by atoms with van der Waals surface area (Å²) in [7, 11) is 6.23. The zero-order chi connectivity index (χ0) is 17.0.